The van der Waals surface area contributed by atoms with Gasteiger partial charge in [0.05, 0.1) is 36.7 Å². The lowest BCUT2D eigenvalue weighted by Crippen LogP contribution is -2.44. The van der Waals surface area contributed by atoms with Gasteiger partial charge in [-0.15, -0.1) is 0 Å². The van der Waals surface area contributed by atoms with Crippen molar-refractivity contribution in [3.05, 3.63) is 71.6 Å². The van der Waals surface area contributed by atoms with Gasteiger partial charge in [-0.3, -0.25) is 14.6 Å². The average molecular weight is 403 g/mol. The summed E-state index contributed by atoms with van der Waals surface area (Å²) in [5, 5.41) is 0. The molecule has 2 amide bonds. The van der Waals surface area contributed by atoms with E-state index in [9.17, 15) is 9.59 Å². The van der Waals surface area contributed by atoms with Crippen LogP contribution in [0.1, 0.15) is 16.8 Å². The van der Waals surface area contributed by atoms with Crippen molar-refractivity contribution in [2.75, 3.05) is 18.5 Å². The summed E-state index contributed by atoms with van der Waals surface area (Å²) in [7, 11) is 1.76. The molecule has 1 aromatic heterocycles. The van der Waals surface area contributed by atoms with Crippen molar-refractivity contribution in [3.8, 4) is 0 Å². The predicted molar refractivity (Wildman–Crippen MR) is 113 cm³/mol. The number of pyridine rings is 1. The fraction of sp³-hybridized carbons (Fsp3) is 0.375. The van der Waals surface area contributed by atoms with Crippen LogP contribution in [0.2, 0.25) is 0 Å². The highest BCUT2D eigenvalue weighted by atomic mass is 16.5. The first-order valence-corrected chi connectivity index (χ1v) is 10.3. The lowest BCUT2D eigenvalue weighted by molar-refractivity contribution is -0.139. The standard InChI is InChI=1S/C24H25N3O3/c1-15-7-8-18(12-16(15)2)27-14-24-10-9-19(30-24)20(21(24)23(27)29)22(28)26(3)13-17-6-4-5-11-25-17/h4-12,19-21H,13-14H2,1-3H3/t19-,20+,21+,24-/m0/s1. The third kappa shape index (κ3) is 2.78. The molecule has 0 N–H and O–H groups in total. The molecule has 3 aliphatic heterocycles. The number of aryl methyl sites for hydroxylation is 2. The molecule has 0 radical (unpaired) electrons. The van der Waals surface area contributed by atoms with Gasteiger partial charge in [-0.05, 0) is 49.2 Å². The van der Waals surface area contributed by atoms with Crippen LogP contribution in [-0.2, 0) is 20.9 Å². The summed E-state index contributed by atoms with van der Waals surface area (Å²) in [6, 6.07) is 11.7. The van der Waals surface area contributed by atoms with Crippen LogP contribution < -0.4 is 4.90 Å². The van der Waals surface area contributed by atoms with Gasteiger partial charge in [-0.25, -0.2) is 0 Å². The van der Waals surface area contributed by atoms with E-state index in [1.165, 1.54) is 5.56 Å². The Kier molecular flexibility index (Phi) is 4.29. The molecular formula is C24H25N3O3. The summed E-state index contributed by atoms with van der Waals surface area (Å²) in [5.41, 5.74) is 3.29. The highest BCUT2D eigenvalue weighted by Gasteiger charge is 2.67. The normalized spacial score (nSPS) is 28.8. The van der Waals surface area contributed by atoms with Crippen LogP contribution in [0.4, 0.5) is 5.69 Å². The number of anilines is 1. The number of carbonyl (C=O) groups is 2. The first-order valence-electron chi connectivity index (χ1n) is 10.3. The molecule has 0 unspecified atom stereocenters. The van der Waals surface area contributed by atoms with Crippen molar-refractivity contribution in [2.45, 2.75) is 32.1 Å². The Balaban J connectivity index is 1.42. The van der Waals surface area contributed by atoms with Crippen LogP contribution in [0.3, 0.4) is 0 Å². The quantitative estimate of drug-likeness (QED) is 0.737. The highest BCUT2D eigenvalue weighted by molar-refractivity contribution is 6.03. The number of rotatable bonds is 4. The molecule has 154 valence electrons. The summed E-state index contributed by atoms with van der Waals surface area (Å²) >= 11 is 0. The highest BCUT2D eigenvalue weighted by Crippen LogP contribution is 2.53. The Bertz CT molecular complexity index is 1050. The molecule has 30 heavy (non-hydrogen) atoms. The number of benzene rings is 1. The third-order valence-electron chi connectivity index (χ3n) is 6.69. The number of amides is 2. The Morgan fingerprint density at radius 1 is 1.27 bits per heavy atom. The van der Waals surface area contributed by atoms with Gasteiger partial charge in [0.15, 0.2) is 0 Å². The summed E-state index contributed by atoms with van der Waals surface area (Å²) in [6.07, 6.45) is 5.31. The van der Waals surface area contributed by atoms with Gasteiger partial charge in [0, 0.05) is 18.9 Å². The topological polar surface area (TPSA) is 62.7 Å². The lowest BCUT2D eigenvalue weighted by Gasteiger charge is -2.27. The molecule has 2 bridgehead atoms. The van der Waals surface area contributed by atoms with Crippen molar-refractivity contribution in [1.82, 2.24) is 9.88 Å². The second-order valence-electron chi connectivity index (χ2n) is 8.61. The maximum atomic E-state index is 13.5. The fourth-order valence-corrected chi connectivity index (χ4v) is 4.96. The Morgan fingerprint density at radius 2 is 2.10 bits per heavy atom. The second kappa shape index (κ2) is 6.77. The van der Waals surface area contributed by atoms with Crippen LogP contribution in [0.25, 0.3) is 0 Å². The van der Waals surface area contributed by atoms with Gasteiger partial charge in [0.2, 0.25) is 11.8 Å². The first kappa shape index (κ1) is 19.0. The van der Waals surface area contributed by atoms with E-state index in [0.29, 0.717) is 13.1 Å². The summed E-state index contributed by atoms with van der Waals surface area (Å²) < 4.78 is 6.26. The lowest BCUT2D eigenvalue weighted by atomic mass is 9.76. The molecule has 1 spiro atoms. The summed E-state index contributed by atoms with van der Waals surface area (Å²) in [6.45, 7) is 4.94. The van der Waals surface area contributed by atoms with Gasteiger partial charge in [-0.1, -0.05) is 24.3 Å². The van der Waals surface area contributed by atoms with Crippen LogP contribution in [0, 0.1) is 25.7 Å². The van der Waals surface area contributed by atoms with E-state index < -0.39 is 17.4 Å². The monoisotopic (exact) mass is 403 g/mol. The van der Waals surface area contributed by atoms with Crippen LogP contribution in [0.15, 0.2) is 54.7 Å². The Morgan fingerprint density at radius 3 is 2.83 bits per heavy atom. The van der Waals surface area contributed by atoms with E-state index in [0.717, 1.165) is 16.9 Å². The van der Waals surface area contributed by atoms with Gasteiger partial charge < -0.3 is 14.5 Å². The van der Waals surface area contributed by atoms with E-state index in [1.807, 2.05) is 55.5 Å². The number of hydrogen-bond donors (Lipinski definition) is 0. The Labute approximate surface area is 176 Å². The molecule has 6 heteroatoms. The number of ether oxygens (including phenoxy) is 1. The zero-order valence-corrected chi connectivity index (χ0v) is 17.4. The van der Waals surface area contributed by atoms with Crippen molar-refractivity contribution >= 4 is 17.5 Å². The van der Waals surface area contributed by atoms with E-state index in [4.69, 9.17) is 4.74 Å². The van der Waals surface area contributed by atoms with E-state index >= 15 is 0 Å². The molecule has 0 saturated carbocycles. The first-order chi connectivity index (χ1) is 14.4. The molecule has 4 heterocycles. The molecule has 3 aliphatic rings. The Hall–Kier alpha value is -2.99. The molecule has 5 rings (SSSR count). The van der Waals surface area contributed by atoms with E-state index in [2.05, 4.69) is 11.9 Å². The molecule has 2 aromatic rings. The van der Waals surface area contributed by atoms with Gasteiger partial charge >= 0.3 is 0 Å². The minimum atomic E-state index is -0.716. The number of fused-ring (bicyclic) bond motifs is 1. The zero-order valence-electron chi connectivity index (χ0n) is 17.4. The number of nitrogens with zero attached hydrogens (tertiary/aromatic N) is 3. The van der Waals surface area contributed by atoms with Crippen molar-refractivity contribution < 1.29 is 14.3 Å². The number of carbonyl (C=O) groups excluding carboxylic acids is 2. The van der Waals surface area contributed by atoms with Gasteiger partial charge in [0.25, 0.3) is 0 Å². The molecule has 4 atom stereocenters. The molecule has 2 saturated heterocycles. The fourth-order valence-electron chi connectivity index (χ4n) is 4.96. The third-order valence-corrected chi connectivity index (χ3v) is 6.69. The van der Waals surface area contributed by atoms with Crippen LogP contribution >= 0.6 is 0 Å². The minimum Gasteiger partial charge on any atom is -0.360 e. The molecule has 1 aromatic carbocycles. The van der Waals surface area contributed by atoms with Crippen molar-refractivity contribution in [3.63, 3.8) is 0 Å². The minimum absolute atomic E-state index is 0.0327. The van der Waals surface area contributed by atoms with Crippen molar-refractivity contribution in [2.24, 2.45) is 11.8 Å². The molecule has 2 fully saturated rings. The second-order valence-corrected chi connectivity index (χ2v) is 8.61. The number of hydrogen-bond acceptors (Lipinski definition) is 4. The van der Waals surface area contributed by atoms with E-state index in [-0.39, 0.29) is 17.9 Å². The SMILES string of the molecule is Cc1ccc(N2C[C@]34C=C[C@H](O3)[C@@H](C(=O)N(C)Cc3ccccn3)[C@@H]4C2=O)cc1C. The summed E-state index contributed by atoms with van der Waals surface area (Å²) in [4.78, 5) is 34.6. The summed E-state index contributed by atoms with van der Waals surface area (Å²) in [5.74, 6) is -1.10. The maximum Gasteiger partial charge on any atom is 0.234 e. The molecular weight excluding hydrogens is 378 g/mol. The van der Waals surface area contributed by atoms with E-state index in [1.54, 1.807) is 23.0 Å². The van der Waals surface area contributed by atoms with Gasteiger partial charge in [0.1, 0.15) is 5.60 Å². The zero-order chi connectivity index (χ0) is 21.0. The van der Waals surface area contributed by atoms with Crippen molar-refractivity contribution in [1.29, 1.82) is 0 Å². The largest absolute Gasteiger partial charge is 0.360 e. The van der Waals surface area contributed by atoms with Gasteiger partial charge in [-0.2, -0.15) is 0 Å². The van der Waals surface area contributed by atoms with Crippen LogP contribution in [-0.4, -0.2) is 47.0 Å². The molecule has 6 nitrogen and oxygen atoms in total. The molecule has 0 aliphatic carbocycles. The average Bonchev–Trinajstić information content (AvgIpc) is 3.38. The smallest absolute Gasteiger partial charge is 0.234 e. The number of aromatic nitrogens is 1. The van der Waals surface area contributed by atoms with Crippen LogP contribution in [0.5, 0.6) is 0 Å². The maximum absolute atomic E-state index is 13.5. The predicted octanol–water partition coefficient (Wildman–Crippen LogP) is 2.64.